The van der Waals surface area contributed by atoms with Gasteiger partial charge in [-0.05, 0) is 23.3 Å². The minimum atomic E-state index is -0.738. The molecule has 0 aliphatic carbocycles. The second-order valence-corrected chi connectivity index (χ2v) is 5.59. The van der Waals surface area contributed by atoms with E-state index in [-0.39, 0.29) is 37.4 Å². The van der Waals surface area contributed by atoms with E-state index in [1.165, 1.54) is 7.11 Å². The number of amides is 1. The summed E-state index contributed by atoms with van der Waals surface area (Å²) >= 11 is 0. The monoisotopic (exact) mass is 393 g/mol. The molecule has 2 aromatic rings. The van der Waals surface area contributed by atoms with Gasteiger partial charge in [0, 0.05) is 19.2 Å². The maximum absolute atomic E-state index is 12.4. The van der Waals surface area contributed by atoms with Crippen molar-refractivity contribution in [1.29, 1.82) is 5.41 Å². The zero-order chi connectivity index (χ0) is 18.9. The lowest BCUT2D eigenvalue weighted by molar-refractivity contribution is -0.131. The van der Waals surface area contributed by atoms with Crippen molar-refractivity contribution in [2.24, 2.45) is 5.73 Å². The number of nitrogen functional groups attached to an aromatic ring is 1. The van der Waals surface area contributed by atoms with Crippen molar-refractivity contribution in [1.82, 2.24) is 5.32 Å². The lowest BCUT2D eigenvalue weighted by Gasteiger charge is -2.16. The first kappa shape index (κ1) is 22.4. The molecule has 0 bridgehead atoms. The first-order chi connectivity index (χ1) is 12.5. The van der Waals surface area contributed by atoms with Crippen LogP contribution in [0.2, 0.25) is 0 Å². The molecule has 5 N–H and O–H groups in total. The third-order valence-corrected chi connectivity index (χ3v) is 3.75. The number of aliphatic hydroxyl groups excluding tert-OH is 1. The Morgan fingerprint density at radius 3 is 2.33 bits per heavy atom. The van der Waals surface area contributed by atoms with Gasteiger partial charge in [-0.3, -0.25) is 10.2 Å². The van der Waals surface area contributed by atoms with Gasteiger partial charge in [0.05, 0.1) is 6.61 Å². The smallest absolute Gasteiger partial charge is 0.254 e. The number of nitrogens with one attached hydrogen (secondary N) is 2. The Bertz CT molecular complexity index is 736. The summed E-state index contributed by atoms with van der Waals surface area (Å²) in [5.41, 5.74) is 7.66. The summed E-state index contributed by atoms with van der Waals surface area (Å²) in [6, 6.07) is 14.1. The first-order valence-electron chi connectivity index (χ1n) is 8.12. The van der Waals surface area contributed by atoms with Crippen molar-refractivity contribution < 1.29 is 19.4 Å². The standard InChI is InChI=1S/C19H23N3O4.ClH/c1-25-17(14-6-8-16(9-7-14)26-11-10-23)19(24)22-12-13-2-4-15(5-3-13)18(20)21;/h2-9,17,23H,10-12H2,1H3,(H3,20,21)(H,22,24);1H/t17-;/m0./s1. The highest BCUT2D eigenvalue weighted by Crippen LogP contribution is 2.20. The Labute approximate surface area is 164 Å². The van der Waals surface area contributed by atoms with E-state index in [2.05, 4.69) is 5.32 Å². The Morgan fingerprint density at radius 2 is 1.81 bits per heavy atom. The highest BCUT2D eigenvalue weighted by atomic mass is 35.5. The normalized spacial score (nSPS) is 11.2. The van der Waals surface area contributed by atoms with Gasteiger partial charge in [0.25, 0.3) is 5.91 Å². The third-order valence-electron chi connectivity index (χ3n) is 3.75. The van der Waals surface area contributed by atoms with Crippen molar-refractivity contribution in [3.8, 4) is 5.75 Å². The van der Waals surface area contributed by atoms with Gasteiger partial charge in [-0.15, -0.1) is 12.4 Å². The number of carbonyl (C=O) groups excluding carboxylic acids is 1. The van der Waals surface area contributed by atoms with E-state index in [1.54, 1.807) is 36.4 Å². The molecular formula is C19H24ClN3O4. The predicted octanol–water partition coefficient (Wildman–Crippen LogP) is 1.77. The van der Waals surface area contributed by atoms with Crippen LogP contribution >= 0.6 is 12.4 Å². The fourth-order valence-corrected chi connectivity index (χ4v) is 2.38. The number of amidine groups is 1. The first-order valence-corrected chi connectivity index (χ1v) is 8.12. The molecule has 1 amide bonds. The van der Waals surface area contributed by atoms with Crippen molar-refractivity contribution >= 4 is 24.1 Å². The molecule has 0 aliphatic rings. The summed E-state index contributed by atoms with van der Waals surface area (Å²) in [5, 5.41) is 19.0. The van der Waals surface area contributed by atoms with Crippen LogP contribution in [0.25, 0.3) is 0 Å². The summed E-state index contributed by atoms with van der Waals surface area (Å²) in [7, 11) is 1.47. The molecule has 146 valence electrons. The zero-order valence-electron chi connectivity index (χ0n) is 15.0. The maximum Gasteiger partial charge on any atom is 0.254 e. The van der Waals surface area contributed by atoms with E-state index in [0.29, 0.717) is 23.4 Å². The molecule has 0 radical (unpaired) electrons. The van der Waals surface area contributed by atoms with E-state index in [0.717, 1.165) is 5.56 Å². The molecule has 2 rings (SSSR count). The summed E-state index contributed by atoms with van der Waals surface area (Å²) in [4.78, 5) is 12.4. The number of hydrogen-bond donors (Lipinski definition) is 4. The predicted molar refractivity (Wildman–Crippen MR) is 105 cm³/mol. The zero-order valence-corrected chi connectivity index (χ0v) is 15.8. The highest BCUT2D eigenvalue weighted by Gasteiger charge is 2.19. The number of carbonyl (C=O) groups is 1. The van der Waals surface area contributed by atoms with Crippen LogP contribution in [0.15, 0.2) is 48.5 Å². The van der Waals surface area contributed by atoms with Crippen LogP contribution in [0, 0.1) is 5.41 Å². The number of hydrogen-bond acceptors (Lipinski definition) is 5. The van der Waals surface area contributed by atoms with Gasteiger partial charge in [-0.25, -0.2) is 0 Å². The number of rotatable bonds is 9. The second kappa shape index (κ2) is 11.2. The minimum absolute atomic E-state index is 0. The summed E-state index contributed by atoms with van der Waals surface area (Å²) in [6.07, 6.45) is -0.738. The Kier molecular flexibility index (Phi) is 9.29. The van der Waals surface area contributed by atoms with Crippen LogP contribution in [0.5, 0.6) is 5.75 Å². The van der Waals surface area contributed by atoms with Crippen LogP contribution in [0.1, 0.15) is 22.8 Å². The highest BCUT2D eigenvalue weighted by molar-refractivity contribution is 5.94. The largest absolute Gasteiger partial charge is 0.491 e. The van der Waals surface area contributed by atoms with Gasteiger partial charge in [-0.1, -0.05) is 36.4 Å². The second-order valence-electron chi connectivity index (χ2n) is 5.59. The van der Waals surface area contributed by atoms with Crippen molar-refractivity contribution in [3.63, 3.8) is 0 Å². The number of benzene rings is 2. The molecule has 1 atom stereocenters. The molecule has 8 heteroatoms. The van der Waals surface area contributed by atoms with Crippen molar-refractivity contribution in [3.05, 3.63) is 65.2 Å². The lowest BCUT2D eigenvalue weighted by atomic mass is 10.1. The molecule has 0 spiro atoms. The number of aliphatic hydroxyl groups is 1. The van der Waals surface area contributed by atoms with Crippen LogP contribution < -0.4 is 15.8 Å². The van der Waals surface area contributed by atoms with Crippen LogP contribution in [0.4, 0.5) is 0 Å². The molecule has 0 fully saturated rings. The van der Waals surface area contributed by atoms with E-state index < -0.39 is 6.10 Å². The number of nitrogens with two attached hydrogens (primary N) is 1. The molecule has 0 unspecified atom stereocenters. The third kappa shape index (κ3) is 6.56. The van der Waals surface area contributed by atoms with Gasteiger partial charge in [0.1, 0.15) is 18.2 Å². The van der Waals surface area contributed by atoms with Crippen LogP contribution in [-0.4, -0.2) is 37.2 Å². The topological polar surface area (TPSA) is 118 Å². The van der Waals surface area contributed by atoms with E-state index in [4.69, 9.17) is 25.7 Å². The number of halogens is 1. The molecular weight excluding hydrogens is 370 g/mol. The molecule has 0 aromatic heterocycles. The molecule has 2 aromatic carbocycles. The maximum atomic E-state index is 12.4. The minimum Gasteiger partial charge on any atom is -0.491 e. The van der Waals surface area contributed by atoms with Crippen molar-refractivity contribution in [2.45, 2.75) is 12.6 Å². The number of ether oxygens (including phenoxy) is 2. The van der Waals surface area contributed by atoms with Gasteiger partial charge in [0.2, 0.25) is 0 Å². The SMILES string of the molecule is CO[C@H](C(=O)NCc1ccc(C(=N)N)cc1)c1ccc(OCCO)cc1.Cl. The van der Waals surface area contributed by atoms with Crippen LogP contribution in [0.3, 0.4) is 0 Å². The summed E-state index contributed by atoms with van der Waals surface area (Å²) < 4.78 is 10.6. The lowest BCUT2D eigenvalue weighted by Crippen LogP contribution is -2.30. The molecule has 0 saturated carbocycles. The van der Waals surface area contributed by atoms with Gasteiger partial charge >= 0.3 is 0 Å². The fraction of sp³-hybridized carbons (Fsp3) is 0.263. The Balaban J connectivity index is 0.00000364. The average Bonchev–Trinajstić information content (AvgIpc) is 2.66. The van der Waals surface area contributed by atoms with Gasteiger partial charge in [0.15, 0.2) is 6.10 Å². The molecule has 0 heterocycles. The fourth-order valence-electron chi connectivity index (χ4n) is 2.38. The molecule has 0 aliphatic heterocycles. The molecule has 27 heavy (non-hydrogen) atoms. The van der Waals surface area contributed by atoms with Crippen molar-refractivity contribution in [2.75, 3.05) is 20.3 Å². The van der Waals surface area contributed by atoms with E-state index in [9.17, 15) is 4.79 Å². The van der Waals surface area contributed by atoms with Gasteiger partial charge in [-0.2, -0.15) is 0 Å². The van der Waals surface area contributed by atoms with Crippen LogP contribution in [-0.2, 0) is 16.1 Å². The number of methoxy groups -OCH3 is 1. The Morgan fingerprint density at radius 1 is 1.19 bits per heavy atom. The van der Waals surface area contributed by atoms with Gasteiger partial charge < -0.3 is 25.6 Å². The summed E-state index contributed by atoms with van der Waals surface area (Å²) in [6.45, 7) is 0.503. The quantitative estimate of drug-likeness (QED) is 0.382. The van der Waals surface area contributed by atoms with E-state index >= 15 is 0 Å². The summed E-state index contributed by atoms with van der Waals surface area (Å²) in [5.74, 6) is 0.363. The average molecular weight is 394 g/mol. The molecule has 7 nitrogen and oxygen atoms in total. The molecule has 0 saturated heterocycles. The Hall–Kier alpha value is -2.61. The van der Waals surface area contributed by atoms with E-state index in [1.807, 2.05) is 12.1 Å².